The van der Waals surface area contributed by atoms with Crippen molar-refractivity contribution in [3.63, 3.8) is 0 Å². The van der Waals surface area contributed by atoms with E-state index in [-0.39, 0.29) is 12.5 Å². The highest BCUT2D eigenvalue weighted by Gasteiger charge is 2.22. The van der Waals surface area contributed by atoms with E-state index in [4.69, 9.17) is 4.74 Å². The Kier molecular flexibility index (Phi) is 4.34. The second-order valence-electron chi connectivity index (χ2n) is 6.48. The summed E-state index contributed by atoms with van der Waals surface area (Å²) < 4.78 is 6.73. The monoisotopic (exact) mass is 354 g/mol. The minimum atomic E-state index is 0.0486. The summed E-state index contributed by atoms with van der Waals surface area (Å²) in [6.07, 6.45) is 5.64. The first-order valence-electron chi connectivity index (χ1n) is 8.64. The zero-order valence-corrected chi connectivity index (χ0v) is 15.0. The molecule has 8 nitrogen and oxygen atoms in total. The van der Waals surface area contributed by atoms with Gasteiger partial charge >= 0.3 is 0 Å². The summed E-state index contributed by atoms with van der Waals surface area (Å²) >= 11 is 0. The van der Waals surface area contributed by atoms with Gasteiger partial charge in [-0.05, 0) is 12.1 Å². The molecule has 1 saturated heterocycles. The predicted octanol–water partition coefficient (Wildman–Crippen LogP) is 1.26. The number of ether oxygens (including phenoxy) is 1. The predicted molar refractivity (Wildman–Crippen MR) is 99.0 cm³/mol. The van der Waals surface area contributed by atoms with E-state index in [9.17, 15) is 4.79 Å². The molecule has 0 bridgehead atoms. The Morgan fingerprint density at radius 2 is 2.12 bits per heavy atom. The number of aryl methyl sites for hydroxylation is 1. The number of piperazine rings is 1. The van der Waals surface area contributed by atoms with Crippen molar-refractivity contribution < 1.29 is 9.53 Å². The molecule has 0 saturated carbocycles. The molecular formula is C18H22N6O2. The first kappa shape index (κ1) is 16.6. The van der Waals surface area contributed by atoms with Crippen molar-refractivity contribution in [3.05, 3.63) is 30.7 Å². The summed E-state index contributed by atoms with van der Waals surface area (Å²) in [4.78, 5) is 24.0. The van der Waals surface area contributed by atoms with Crippen molar-refractivity contribution in [3.8, 4) is 11.3 Å². The van der Waals surface area contributed by atoms with Gasteiger partial charge in [0.2, 0.25) is 5.91 Å². The Morgan fingerprint density at radius 3 is 2.81 bits per heavy atom. The van der Waals surface area contributed by atoms with Crippen LogP contribution in [0.15, 0.2) is 30.7 Å². The normalized spacial score (nSPS) is 15.0. The average Bonchev–Trinajstić information content (AvgIpc) is 3.27. The van der Waals surface area contributed by atoms with Crippen molar-refractivity contribution in [2.75, 3.05) is 44.8 Å². The van der Waals surface area contributed by atoms with Crippen molar-refractivity contribution >= 4 is 22.6 Å². The van der Waals surface area contributed by atoms with Gasteiger partial charge in [0.1, 0.15) is 12.3 Å². The number of methoxy groups -OCH3 is 1. The molecule has 1 amide bonds. The third-order valence-electron chi connectivity index (χ3n) is 4.77. The third-order valence-corrected chi connectivity index (χ3v) is 4.77. The number of hydrogen-bond acceptors (Lipinski definition) is 5. The van der Waals surface area contributed by atoms with Crippen LogP contribution < -0.4 is 4.90 Å². The van der Waals surface area contributed by atoms with Crippen molar-refractivity contribution in [2.45, 2.75) is 0 Å². The molecule has 136 valence electrons. The number of carbonyl (C=O) groups excluding carboxylic acids is 1. The first-order chi connectivity index (χ1) is 12.7. The van der Waals surface area contributed by atoms with Crippen molar-refractivity contribution in [1.29, 1.82) is 0 Å². The van der Waals surface area contributed by atoms with E-state index in [1.807, 2.05) is 36.6 Å². The molecule has 1 N–H and O–H groups in total. The molecule has 1 aliphatic heterocycles. The Balaban J connectivity index is 1.57. The highest BCUT2D eigenvalue weighted by molar-refractivity contribution is 5.93. The summed E-state index contributed by atoms with van der Waals surface area (Å²) in [7, 11) is 3.45. The molecule has 0 atom stereocenters. The van der Waals surface area contributed by atoms with Gasteiger partial charge in [0.05, 0.1) is 11.9 Å². The van der Waals surface area contributed by atoms with E-state index in [1.165, 1.54) is 0 Å². The first-order valence-corrected chi connectivity index (χ1v) is 8.64. The van der Waals surface area contributed by atoms with Crippen molar-refractivity contribution in [2.24, 2.45) is 7.05 Å². The van der Waals surface area contributed by atoms with E-state index < -0.39 is 0 Å². The molecule has 3 aromatic rings. The quantitative estimate of drug-likeness (QED) is 0.763. The van der Waals surface area contributed by atoms with Gasteiger partial charge in [-0.25, -0.2) is 4.98 Å². The highest BCUT2D eigenvalue weighted by atomic mass is 16.5. The fourth-order valence-corrected chi connectivity index (χ4v) is 3.42. The molecule has 0 unspecified atom stereocenters. The van der Waals surface area contributed by atoms with Gasteiger partial charge < -0.3 is 19.5 Å². The van der Waals surface area contributed by atoms with Gasteiger partial charge in [0.15, 0.2) is 0 Å². The number of pyridine rings is 1. The SMILES string of the molecule is COCC(=O)N1CCN(c2ccnc3[nH]c(-c4cnn(C)c4)cc23)CC1. The molecule has 0 aromatic carbocycles. The van der Waals surface area contributed by atoms with Crippen LogP contribution in [0.3, 0.4) is 0 Å². The van der Waals surface area contributed by atoms with E-state index in [0.29, 0.717) is 13.1 Å². The van der Waals surface area contributed by atoms with Gasteiger partial charge in [-0.15, -0.1) is 0 Å². The molecule has 1 aliphatic rings. The van der Waals surface area contributed by atoms with Crippen LogP contribution in [-0.4, -0.2) is 70.5 Å². The molecular weight excluding hydrogens is 332 g/mol. The number of aromatic amines is 1. The maximum atomic E-state index is 12.0. The van der Waals surface area contributed by atoms with Gasteiger partial charge in [0, 0.05) is 69.4 Å². The van der Waals surface area contributed by atoms with E-state index in [2.05, 4.69) is 26.0 Å². The maximum absolute atomic E-state index is 12.0. The van der Waals surface area contributed by atoms with E-state index in [1.54, 1.807) is 11.8 Å². The number of amides is 1. The number of aromatic nitrogens is 4. The van der Waals surface area contributed by atoms with Crippen LogP contribution in [0.4, 0.5) is 5.69 Å². The zero-order chi connectivity index (χ0) is 18.1. The van der Waals surface area contributed by atoms with Crippen LogP contribution in [0, 0.1) is 0 Å². The smallest absolute Gasteiger partial charge is 0.248 e. The van der Waals surface area contributed by atoms with Crippen LogP contribution in [-0.2, 0) is 16.6 Å². The minimum absolute atomic E-state index is 0.0486. The molecule has 3 aromatic heterocycles. The molecule has 8 heteroatoms. The summed E-state index contributed by atoms with van der Waals surface area (Å²) in [5, 5.41) is 5.32. The van der Waals surface area contributed by atoms with Crippen LogP contribution in [0.1, 0.15) is 0 Å². The van der Waals surface area contributed by atoms with Gasteiger partial charge in [-0.2, -0.15) is 5.10 Å². The lowest BCUT2D eigenvalue weighted by Gasteiger charge is -2.36. The number of carbonyl (C=O) groups is 1. The number of anilines is 1. The highest BCUT2D eigenvalue weighted by Crippen LogP contribution is 2.30. The third kappa shape index (κ3) is 3.03. The fraction of sp³-hybridized carbons (Fsp3) is 0.389. The second-order valence-corrected chi connectivity index (χ2v) is 6.48. The molecule has 1 fully saturated rings. The Hall–Kier alpha value is -2.87. The molecule has 4 heterocycles. The molecule has 26 heavy (non-hydrogen) atoms. The zero-order valence-electron chi connectivity index (χ0n) is 15.0. The largest absolute Gasteiger partial charge is 0.375 e. The van der Waals surface area contributed by atoms with Crippen LogP contribution in [0.2, 0.25) is 0 Å². The van der Waals surface area contributed by atoms with Crippen LogP contribution >= 0.6 is 0 Å². The molecule has 4 rings (SSSR count). The van der Waals surface area contributed by atoms with Crippen molar-refractivity contribution in [1.82, 2.24) is 24.6 Å². The fourth-order valence-electron chi connectivity index (χ4n) is 3.42. The number of fused-ring (bicyclic) bond motifs is 1. The number of nitrogens with one attached hydrogen (secondary N) is 1. The second kappa shape index (κ2) is 6.80. The lowest BCUT2D eigenvalue weighted by Crippen LogP contribution is -2.49. The van der Waals surface area contributed by atoms with E-state index >= 15 is 0 Å². The standard InChI is InChI=1S/C18H22N6O2/c1-22-11-13(10-20-22)15-9-14-16(3-4-19-18(14)21-15)23-5-7-24(8-6-23)17(25)12-26-2/h3-4,9-11H,5-8,12H2,1-2H3,(H,19,21). The average molecular weight is 354 g/mol. The van der Waals surface area contributed by atoms with Crippen LogP contribution in [0.5, 0.6) is 0 Å². The lowest BCUT2D eigenvalue weighted by molar-refractivity contribution is -0.135. The van der Waals surface area contributed by atoms with Gasteiger partial charge in [-0.3, -0.25) is 9.48 Å². The molecule has 0 aliphatic carbocycles. The number of H-pyrrole nitrogens is 1. The minimum Gasteiger partial charge on any atom is -0.375 e. The van der Waals surface area contributed by atoms with Crippen LogP contribution in [0.25, 0.3) is 22.3 Å². The lowest BCUT2D eigenvalue weighted by atomic mass is 10.2. The van der Waals surface area contributed by atoms with E-state index in [0.717, 1.165) is 41.1 Å². The van der Waals surface area contributed by atoms with Gasteiger partial charge in [0.25, 0.3) is 0 Å². The molecule has 0 radical (unpaired) electrons. The summed E-state index contributed by atoms with van der Waals surface area (Å²) in [6.45, 7) is 3.13. The Labute approximate surface area is 151 Å². The topological polar surface area (TPSA) is 79.3 Å². The Bertz CT molecular complexity index is 923. The number of hydrogen-bond donors (Lipinski definition) is 1. The summed E-state index contributed by atoms with van der Waals surface area (Å²) in [6, 6.07) is 4.16. The summed E-state index contributed by atoms with van der Waals surface area (Å²) in [5.41, 5.74) is 4.04. The summed E-state index contributed by atoms with van der Waals surface area (Å²) in [5.74, 6) is 0.0486. The molecule has 0 spiro atoms. The number of nitrogens with zero attached hydrogens (tertiary/aromatic N) is 5. The maximum Gasteiger partial charge on any atom is 0.248 e. The van der Waals surface area contributed by atoms with Gasteiger partial charge in [-0.1, -0.05) is 0 Å². The Morgan fingerprint density at radius 1 is 1.31 bits per heavy atom. The number of rotatable bonds is 4.